The maximum atomic E-state index is 6.26. The molecule has 0 fully saturated rings. The van der Waals surface area contributed by atoms with E-state index < -0.39 is 0 Å². The summed E-state index contributed by atoms with van der Waals surface area (Å²) in [6.07, 6.45) is 0.992. The fourth-order valence-electron chi connectivity index (χ4n) is 2.13. The Morgan fingerprint density at radius 3 is 2.33 bits per heavy atom. The third-order valence-electron chi connectivity index (χ3n) is 3.30. The summed E-state index contributed by atoms with van der Waals surface area (Å²) in [6.45, 7) is 1.60. The molecule has 112 valence electrons. The van der Waals surface area contributed by atoms with Gasteiger partial charge in [-0.05, 0) is 30.2 Å². The summed E-state index contributed by atoms with van der Waals surface area (Å²) in [4.78, 5) is 0. The van der Waals surface area contributed by atoms with Crippen molar-refractivity contribution in [2.24, 2.45) is 0 Å². The molecule has 0 heterocycles. The van der Waals surface area contributed by atoms with Crippen molar-refractivity contribution in [3.63, 3.8) is 0 Å². The molecule has 0 aliphatic carbocycles. The number of hydrogen-bond donors (Lipinski definition) is 1. The van der Waals surface area contributed by atoms with Crippen molar-refractivity contribution in [2.75, 3.05) is 20.8 Å². The van der Waals surface area contributed by atoms with E-state index in [1.807, 2.05) is 12.1 Å². The van der Waals surface area contributed by atoms with E-state index in [2.05, 4.69) is 29.6 Å². The maximum Gasteiger partial charge on any atom is 0.162 e. The van der Waals surface area contributed by atoms with Gasteiger partial charge in [0, 0.05) is 17.6 Å². The number of ether oxygens (including phenoxy) is 2. The molecule has 0 aliphatic rings. The van der Waals surface area contributed by atoms with Gasteiger partial charge in [-0.3, -0.25) is 0 Å². The van der Waals surface area contributed by atoms with E-state index >= 15 is 0 Å². The molecule has 0 aliphatic heterocycles. The molecule has 0 saturated heterocycles. The molecule has 1 N–H and O–H groups in total. The molecule has 0 aromatic heterocycles. The van der Waals surface area contributed by atoms with E-state index in [0.29, 0.717) is 23.1 Å². The second-order valence-electron chi connectivity index (χ2n) is 4.71. The van der Waals surface area contributed by atoms with E-state index in [4.69, 9.17) is 21.1 Å². The van der Waals surface area contributed by atoms with Crippen molar-refractivity contribution in [2.45, 2.75) is 13.0 Å². The first kappa shape index (κ1) is 15.7. The van der Waals surface area contributed by atoms with Crippen LogP contribution in [0, 0.1) is 0 Å². The number of nitrogens with one attached hydrogen (secondary N) is 1. The van der Waals surface area contributed by atoms with Crippen LogP contribution in [0.2, 0.25) is 5.02 Å². The number of halogens is 1. The Balaban J connectivity index is 1.91. The lowest BCUT2D eigenvalue weighted by Gasteiger charge is -2.12. The molecule has 0 amide bonds. The van der Waals surface area contributed by atoms with Crippen LogP contribution in [-0.2, 0) is 13.0 Å². The first-order chi connectivity index (χ1) is 10.2. The Kier molecular flexibility index (Phi) is 5.90. The predicted octanol–water partition coefficient (Wildman–Crippen LogP) is 3.69. The van der Waals surface area contributed by atoms with Crippen LogP contribution < -0.4 is 14.8 Å². The van der Waals surface area contributed by atoms with Crippen LogP contribution >= 0.6 is 11.6 Å². The van der Waals surface area contributed by atoms with Gasteiger partial charge in [-0.15, -0.1) is 0 Å². The lowest BCUT2D eigenvalue weighted by Crippen LogP contribution is -2.17. The van der Waals surface area contributed by atoms with Crippen LogP contribution in [0.25, 0.3) is 0 Å². The molecule has 0 saturated carbocycles. The van der Waals surface area contributed by atoms with Gasteiger partial charge in [0.1, 0.15) is 0 Å². The quantitative estimate of drug-likeness (QED) is 0.791. The molecule has 3 nitrogen and oxygen atoms in total. The molecule has 21 heavy (non-hydrogen) atoms. The van der Waals surface area contributed by atoms with Crippen molar-refractivity contribution < 1.29 is 9.47 Å². The number of methoxy groups -OCH3 is 2. The summed E-state index contributed by atoms with van der Waals surface area (Å²) in [5.74, 6) is 1.34. The summed E-state index contributed by atoms with van der Waals surface area (Å²) >= 11 is 6.26. The van der Waals surface area contributed by atoms with Gasteiger partial charge < -0.3 is 14.8 Å². The van der Waals surface area contributed by atoms with E-state index in [1.165, 1.54) is 5.56 Å². The first-order valence-corrected chi connectivity index (χ1v) is 7.27. The molecule has 2 aromatic rings. The highest BCUT2D eigenvalue weighted by molar-refractivity contribution is 6.31. The minimum atomic E-state index is 0.649. The molecule has 0 radical (unpaired) electrons. The van der Waals surface area contributed by atoms with E-state index in [0.717, 1.165) is 18.5 Å². The summed E-state index contributed by atoms with van der Waals surface area (Å²) in [5.41, 5.74) is 2.32. The molecule has 0 unspecified atom stereocenters. The van der Waals surface area contributed by atoms with Crippen molar-refractivity contribution in [3.05, 3.63) is 58.6 Å². The van der Waals surface area contributed by atoms with Gasteiger partial charge in [0.25, 0.3) is 0 Å². The molecule has 0 bridgehead atoms. The van der Waals surface area contributed by atoms with Crippen LogP contribution in [0.1, 0.15) is 11.1 Å². The molecular formula is C17H20ClNO2. The minimum Gasteiger partial charge on any atom is -0.493 e. The minimum absolute atomic E-state index is 0.649. The van der Waals surface area contributed by atoms with Crippen LogP contribution in [0.4, 0.5) is 0 Å². The van der Waals surface area contributed by atoms with Crippen molar-refractivity contribution >= 4 is 11.6 Å². The van der Waals surface area contributed by atoms with E-state index in [9.17, 15) is 0 Å². The molecular weight excluding hydrogens is 286 g/mol. The molecule has 0 atom stereocenters. The van der Waals surface area contributed by atoms with Crippen LogP contribution in [0.5, 0.6) is 11.5 Å². The lowest BCUT2D eigenvalue weighted by molar-refractivity contribution is 0.354. The van der Waals surface area contributed by atoms with Crippen molar-refractivity contribution in [3.8, 4) is 11.5 Å². The Morgan fingerprint density at radius 1 is 1.00 bits per heavy atom. The lowest BCUT2D eigenvalue weighted by atomic mass is 10.1. The van der Waals surface area contributed by atoms with Crippen LogP contribution in [-0.4, -0.2) is 20.8 Å². The monoisotopic (exact) mass is 305 g/mol. The highest BCUT2D eigenvalue weighted by atomic mass is 35.5. The SMILES string of the molecule is COc1cc(Cl)c(CNCCc2ccccc2)cc1OC. The second-order valence-corrected chi connectivity index (χ2v) is 5.12. The normalized spacial score (nSPS) is 10.4. The summed E-state index contributed by atoms with van der Waals surface area (Å²) in [6, 6.07) is 14.1. The van der Waals surface area contributed by atoms with Gasteiger partial charge in [-0.25, -0.2) is 0 Å². The Bertz CT molecular complexity index is 573. The number of benzene rings is 2. The summed E-state index contributed by atoms with van der Waals surface area (Å²) in [7, 11) is 3.23. The average Bonchev–Trinajstić information content (AvgIpc) is 2.53. The molecule has 4 heteroatoms. The zero-order chi connectivity index (χ0) is 15.1. The standard InChI is InChI=1S/C17H20ClNO2/c1-20-16-10-14(15(18)11-17(16)21-2)12-19-9-8-13-6-4-3-5-7-13/h3-7,10-11,19H,8-9,12H2,1-2H3. The van der Waals surface area contributed by atoms with Gasteiger partial charge in [0.2, 0.25) is 0 Å². The third kappa shape index (κ3) is 4.38. The fourth-order valence-corrected chi connectivity index (χ4v) is 2.35. The fraction of sp³-hybridized carbons (Fsp3) is 0.294. The predicted molar refractivity (Wildman–Crippen MR) is 86.4 cm³/mol. The second kappa shape index (κ2) is 7.91. The van der Waals surface area contributed by atoms with Gasteiger partial charge in [-0.2, -0.15) is 0 Å². The van der Waals surface area contributed by atoms with Crippen molar-refractivity contribution in [1.82, 2.24) is 5.32 Å². The summed E-state index contributed by atoms with van der Waals surface area (Å²) in [5, 5.41) is 4.08. The van der Waals surface area contributed by atoms with E-state index in [-0.39, 0.29) is 0 Å². The van der Waals surface area contributed by atoms with Crippen LogP contribution in [0.15, 0.2) is 42.5 Å². The van der Waals surface area contributed by atoms with Gasteiger partial charge >= 0.3 is 0 Å². The molecule has 2 rings (SSSR count). The Morgan fingerprint density at radius 2 is 1.67 bits per heavy atom. The number of hydrogen-bond acceptors (Lipinski definition) is 3. The zero-order valence-corrected chi connectivity index (χ0v) is 13.1. The largest absolute Gasteiger partial charge is 0.493 e. The van der Waals surface area contributed by atoms with Gasteiger partial charge in [-0.1, -0.05) is 41.9 Å². The third-order valence-corrected chi connectivity index (χ3v) is 3.65. The highest BCUT2D eigenvalue weighted by Crippen LogP contribution is 2.32. The Hall–Kier alpha value is -1.71. The highest BCUT2D eigenvalue weighted by Gasteiger charge is 2.09. The zero-order valence-electron chi connectivity index (χ0n) is 12.4. The maximum absolute atomic E-state index is 6.26. The smallest absolute Gasteiger partial charge is 0.162 e. The van der Waals surface area contributed by atoms with Crippen LogP contribution in [0.3, 0.4) is 0 Å². The van der Waals surface area contributed by atoms with Crippen molar-refractivity contribution in [1.29, 1.82) is 0 Å². The molecule has 2 aromatic carbocycles. The van der Waals surface area contributed by atoms with Gasteiger partial charge in [0.15, 0.2) is 11.5 Å². The number of rotatable bonds is 7. The topological polar surface area (TPSA) is 30.5 Å². The first-order valence-electron chi connectivity index (χ1n) is 6.89. The average molecular weight is 306 g/mol. The Labute approximate surface area is 130 Å². The van der Waals surface area contributed by atoms with Gasteiger partial charge in [0.05, 0.1) is 14.2 Å². The van der Waals surface area contributed by atoms with E-state index in [1.54, 1.807) is 20.3 Å². The molecule has 0 spiro atoms. The summed E-state index contributed by atoms with van der Waals surface area (Å²) < 4.78 is 10.5.